The number of thiophene rings is 1. The molecule has 1 aromatic carbocycles. The Labute approximate surface area is 155 Å². The molecule has 0 radical (unpaired) electrons. The monoisotopic (exact) mass is 443 g/mol. The Hall–Kier alpha value is -1.91. The minimum atomic E-state index is -3.74. The fourth-order valence-electron chi connectivity index (χ4n) is 2.47. The zero-order valence-corrected chi connectivity index (χ0v) is 16.8. The first-order chi connectivity index (χ1) is 11.6. The van der Waals surface area contributed by atoms with Gasteiger partial charge in [0.25, 0.3) is 10.0 Å². The van der Waals surface area contributed by atoms with Crippen LogP contribution in [0, 0.1) is 6.92 Å². The van der Waals surface area contributed by atoms with Crippen LogP contribution >= 0.6 is 27.3 Å². The van der Waals surface area contributed by atoms with Crippen molar-refractivity contribution in [2.24, 2.45) is 14.1 Å². The molecule has 0 saturated carbocycles. The summed E-state index contributed by atoms with van der Waals surface area (Å²) >= 11 is 4.34. The summed E-state index contributed by atoms with van der Waals surface area (Å²) in [5, 5.41) is 0. The van der Waals surface area contributed by atoms with Crippen molar-refractivity contribution in [3.8, 4) is 0 Å². The Morgan fingerprint density at radius 1 is 1.04 bits per heavy atom. The number of sulfonamides is 1. The molecule has 0 saturated heterocycles. The van der Waals surface area contributed by atoms with Crippen LogP contribution in [0.5, 0.6) is 0 Å². The normalized spacial score (nSPS) is 11.8. The molecule has 0 aliphatic carbocycles. The molecule has 0 amide bonds. The molecular weight excluding hydrogens is 430 g/mol. The minimum Gasteiger partial charge on any atom is -0.305 e. The number of anilines is 1. The number of aromatic nitrogens is 2. The average molecular weight is 444 g/mol. The van der Waals surface area contributed by atoms with E-state index >= 15 is 0 Å². The highest BCUT2D eigenvalue weighted by molar-refractivity contribution is 9.11. The van der Waals surface area contributed by atoms with Crippen LogP contribution in [0.2, 0.25) is 0 Å². The molecule has 7 nitrogen and oxygen atoms in total. The van der Waals surface area contributed by atoms with Gasteiger partial charge >= 0.3 is 11.1 Å². The lowest BCUT2D eigenvalue weighted by Gasteiger charge is -2.14. The lowest BCUT2D eigenvalue weighted by molar-refractivity contribution is 0.603. The molecule has 0 bridgehead atoms. The summed E-state index contributed by atoms with van der Waals surface area (Å²) in [5.74, 6) is 0. The Bertz CT molecular complexity index is 1220. The molecule has 3 rings (SSSR count). The van der Waals surface area contributed by atoms with Gasteiger partial charge in [-0.15, -0.1) is 11.3 Å². The Morgan fingerprint density at radius 2 is 1.60 bits per heavy atom. The number of aryl methyl sites for hydroxylation is 3. The van der Waals surface area contributed by atoms with Gasteiger partial charge in [0, 0.05) is 14.1 Å². The van der Waals surface area contributed by atoms with E-state index < -0.39 is 21.1 Å². The number of fused-ring (bicyclic) bond motifs is 1. The van der Waals surface area contributed by atoms with E-state index in [0.717, 1.165) is 11.3 Å². The Kier molecular flexibility index (Phi) is 4.38. The molecule has 25 heavy (non-hydrogen) atoms. The van der Waals surface area contributed by atoms with Crippen molar-refractivity contribution in [1.82, 2.24) is 9.13 Å². The number of halogens is 1. The summed E-state index contributed by atoms with van der Waals surface area (Å²) in [6.45, 7) is 1.73. The van der Waals surface area contributed by atoms with E-state index in [1.807, 2.05) is 0 Å². The molecule has 3 aromatic rings. The standard InChI is InChI=1S/C15H14BrN3O4S2/c1-8-6-10-11(19(3)15(21)14(20)18(10)2)7-9(8)17-25(22,23)13-5-4-12(16)24-13/h4-7,17H,1-3H3. The molecule has 0 fully saturated rings. The van der Waals surface area contributed by atoms with Crippen molar-refractivity contribution in [3.63, 3.8) is 0 Å². The van der Waals surface area contributed by atoms with Crippen LogP contribution in [-0.4, -0.2) is 17.6 Å². The van der Waals surface area contributed by atoms with Gasteiger partial charge in [-0.1, -0.05) is 0 Å². The molecular formula is C15H14BrN3O4S2. The fourth-order valence-corrected chi connectivity index (χ4v) is 5.60. The van der Waals surface area contributed by atoms with E-state index in [2.05, 4.69) is 20.7 Å². The van der Waals surface area contributed by atoms with Gasteiger partial charge < -0.3 is 9.13 Å². The first kappa shape index (κ1) is 17.9. The molecule has 10 heteroatoms. The van der Waals surface area contributed by atoms with Crippen LogP contribution in [-0.2, 0) is 24.1 Å². The van der Waals surface area contributed by atoms with Gasteiger partial charge in [-0.25, -0.2) is 8.42 Å². The highest BCUT2D eigenvalue weighted by Gasteiger charge is 2.19. The van der Waals surface area contributed by atoms with E-state index in [-0.39, 0.29) is 4.21 Å². The van der Waals surface area contributed by atoms with Gasteiger partial charge in [-0.3, -0.25) is 14.3 Å². The van der Waals surface area contributed by atoms with Crippen molar-refractivity contribution in [2.75, 3.05) is 4.72 Å². The molecule has 0 atom stereocenters. The van der Waals surface area contributed by atoms with E-state index in [4.69, 9.17) is 0 Å². The van der Waals surface area contributed by atoms with Crippen LogP contribution in [0.4, 0.5) is 5.69 Å². The van der Waals surface area contributed by atoms with E-state index in [9.17, 15) is 18.0 Å². The average Bonchev–Trinajstić information content (AvgIpc) is 2.99. The summed E-state index contributed by atoms with van der Waals surface area (Å²) in [4.78, 5) is 23.9. The van der Waals surface area contributed by atoms with Crippen LogP contribution in [0.1, 0.15) is 5.56 Å². The second kappa shape index (κ2) is 6.11. The maximum Gasteiger partial charge on any atom is 0.316 e. The van der Waals surface area contributed by atoms with Crippen LogP contribution in [0.15, 0.2) is 41.9 Å². The highest BCUT2D eigenvalue weighted by atomic mass is 79.9. The van der Waals surface area contributed by atoms with Crippen molar-refractivity contribution in [1.29, 1.82) is 0 Å². The van der Waals surface area contributed by atoms with Crippen LogP contribution < -0.4 is 15.8 Å². The third-order valence-corrected chi connectivity index (χ3v) is 7.38. The van der Waals surface area contributed by atoms with Gasteiger partial charge in [0.15, 0.2) is 0 Å². The van der Waals surface area contributed by atoms with E-state index in [1.165, 1.54) is 29.3 Å². The topological polar surface area (TPSA) is 90.2 Å². The third-order valence-electron chi connectivity index (χ3n) is 3.89. The number of hydrogen-bond donors (Lipinski definition) is 1. The number of benzene rings is 1. The number of nitrogens with one attached hydrogen (secondary N) is 1. The van der Waals surface area contributed by atoms with Crippen molar-refractivity contribution >= 4 is 54.0 Å². The second-order valence-electron chi connectivity index (χ2n) is 5.55. The van der Waals surface area contributed by atoms with Gasteiger partial charge in [0.05, 0.1) is 20.5 Å². The maximum absolute atomic E-state index is 12.5. The molecule has 2 aromatic heterocycles. The smallest absolute Gasteiger partial charge is 0.305 e. The summed E-state index contributed by atoms with van der Waals surface area (Å²) in [6, 6.07) is 6.41. The number of rotatable bonds is 3. The Balaban J connectivity index is 2.20. The molecule has 0 spiro atoms. The lowest BCUT2D eigenvalue weighted by Crippen LogP contribution is -2.39. The minimum absolute atomic E-state index is 0.174. The quantitative estimate of drug-likeness (QED) is 0.627. The van der Waals surface area contributed by atoms with Gasteiger partial charge in [0.1, 0.15) is 4.21 Å². The predicted octanol–water partition coefficient (Wildman–Crippen LogP) is 2.17. The predicted molar refractivity (Wildman–Crippen MR) is 102 cm³/mol. The zero-order chi connectivity index (χ0) is 18.5. The molecule has 2 heterocycles. The highest BCUT2D eigenvalue weighted by Crippen LogP contribution is 2.29. The van der Waals surface area contributed by atoms with Crippen LogP contribution in [0.3, 0.4) is 0 Å². The summed E-state index contributed by atoms with van der Waals surface area (Å²) in [7, 11) is -0.748. The first-order valence-corrected chi connectivity index (χ1v) is 10.2. The molecule has 1 N–H and O–H groups in total. The largest absolute Gasteiger partial charge is 0.316 e. The zero-order valence-electron chi connectivity index (χ0n) is 13.5. The van der Waals surface area contributed by atoms with Crippen molar-refractivity contribution < 1.29 is 8.42 Å². The third kappa shape index (κ3) is 3.05. The summed E-state index contributed by atoms with van der Waals surface area (Å²) < 4.78 is 31.0. The molecule has 0 aliphatic heterocycles. The number of nitrogens with zero attached hydrogens (tertiary/aromatic N) is 2. The van der Waals surface area contributed by atoms with E-state index in [0.29, 0.717) is 26.1 Å². The van der Waals surface area contributed by atoms with Crippen molar-refractivity contribution in [2.45, 2.75) is 11.1 Å². The second-order valence-corrected chi connectivity index (χ2v) is 9.92. The SMILES string of the molecule is Cc1cc2c(cc1NS(=O)(=O)c1ccc(Br)s1)n(C)c(=O)c(=O)n2C. The molecule has 0 aliphatic rings. The van der Waals surface area contributed by atoms with Gasteiger partial charge in [-0.05, 0) is 52.7 Å². The lowest BCUT2D eigenvalue weighted by atomic mass is 10.1. The maximum atomic E-state index is 12.5. The van der Waals surface area contributed by atoms with Gasteiger partial charge in [-0.2, -0.15) is 0 Å². The number of hydrogen-bond acceptors (Lipinski definition) is 5. The molecule has 132 valence electrons. The summed E-state index contributed by atoms with van der Waals surface area (Å²) in [5.41, 5.74) is 0.696. The molecule has 0 unspecified atom stereocenters. The first-order valence-electron chi connectivity index (χ1n) is 7.10. The fraction of sp³-hybridized carbons (Fsp3) is 0.200. The summed E-state index contributed by atoms with van der Waals surface area (Å²) in [6.07, 6.45) is 0. The van der Waals surface area contributed by atoms with E-state index in [1.54, 1.807) is 25.1 Å². The van der Waals surface area contributed by atoms with Crippen molar-refractivity contribution in [3.05, 3.63) is 54.3 Å². The Morgan fingerprint density at radius 3 is 2.12 bits per heavy atom. The van der Waals surface area contributed by atoms with Gasteiger partial charge in [0.2, 0.25) is 0 Å². The van der Waals surface area contributed by atoms with Crippen LogP contribution in [0.25, 0.3) is 11.0 Å².